The number of hydrogen-bond acceptors (Lipinski definition) is 8. The molecule has 0 radical (unpaired) electrons. The molecule has 164 valence electrons. The predicted octanol–water partition coefficient (Wildman–Crippen LogP) is 1.83. The highest BCUT2D eigenvalue weighted by atomic mass is 19.1. The first-order chi connectivity index (χ1) is 14.5. The maximum absolute atomic E-state index is 14.6. The van der Waals surface area contributed by atoms with Crippen LogP contribution in [0.25, 0.3) is 11.4 Å². The van der Waals surface area contributed by atoms with Gasteiger partial charge in [-0.1, -0.05) is 0 Å². The molecule has 0 fully saturated rings. The Morgan fingerprint density at radius 3 is 2.65 bits per heavy atom. The first kappa shape index (κ1) is 22.2. The summed E-state index contributed by atoms with van der Waals surface area (Å²) in [5.74, 6) is -3.05. The molecule has 1 atom stereocenters. The lowest BCUT2D eigenvalue weighted by atomic mass is 10.0. The number of ether oxygens (including phenoxy) is 1. The van der Waals surface area contributed by atoms with Crippen LogP contribution in [-0.2, 0) is 16.9 Å². The number of hydrogen-bond donors (Lipinski definition) is 3. The zero-order valence-corrected chi connectivity index (χ0v) is 16.7. The van der Waals surface area contributed by atoms with Crippen molar-refractivity contribution in [1.82, 2.24) is 25.2 Å². The number of aliphatic hydroxyl groups is 1. The first-order valence-electron chi connectivity index (χ1n) is 9.14. The third-order valence-corrected chi connectivity index (χ3v) is 4.20. The van der Waals surface area contributed by atoms with Gasteiger partial charge in [0.25, 0.3) is 5.88 Å². The van der Waals surface area contributed by atoms with Gasteiger partial charge in [0.15, 0.2) is 5.82 Å². The topological polar surface area (TPSA) is 149 Å². The molecule has 1 unspecified atom stereocenters. The van der Waals surface area contributed by atoms with Gasteiger partial charge >= 0.3 is 5.97 Å². The van der Waals surface area contributed by atoms with Crippen molar-refractivity contribution in [3.63, 3.8) is 0 Å². The van der Waals surface area contributed by atoms with E-state index in [-0.39, 0.29) is 41.5 Å². The van der Waals surface area contributed by atoms with E-state index >= 15 is 0 Å². The molecule has 0 saturated carbocycles. The van der Waals surface area contributed by atoms with E-state index < -0.39 is 29.2 Å². The van der Waals surface area contributed by atoms with Crippen LogP contribution in [-0.4, -0.2) is 47.4 Å². The molecule has 0 bridgehead atoms. The largest absolute Gasteiger partial charge is 0.481 e. The molecule has 3 rings (SSSR count). The van der Waals surface area contributed by atoms with Crippen molar-refractivity contribution in [2.75, 3.05) is 0 Å². The highest BCUT2D eigenvalue weighted by Gasteiger charge is 2.20. The molecular formula is C19H20F2N6O4. The van der Waals surface area contributed by atoms with Crippen molar-refractivity contribution >= 4 is 5.97 Å². The highest BCUT2D eigenvalue weighted by Crippen LogP contribution is 2.29. The normalized spacial score (nSPS) is 12.6. The van der Waals surface area contributed by atoms with E-state index in [2.05, 4.69) is 20.4 Å². The molecule has 2 heterocycles. The van der Waals surface area contributed by atoms with Gasteiger partial charge in [0.05, 0.1) is 24.1 Å². The maximum atomic E-state index is 14.6. The Labute approximate surface area is 175 Å². The second-order valence-corrected chi connectivity index (χ2v) is 7.34. The maximum Gasteiger partial charge on any atom is 0.304 e. The third-order valence-electron chi connectivity index (χ3n) is 4.20. The minimum atomic E-state index is -1.28. The van der Waals surface area contributed by atoms with Gasteiger partial charge in [0.2, 0.25) is 5.82 Å². The van der Waals surface area contributed by atoms with E-state index in [1.165, 1.54) is 32.2 Å². The monoisotopic (exact) mass is 434 g/mol. The number of carboxylic acid groups (broad SMARTS) is 1. The summed E-state index contributed by atoms with van der Waals surface area (Å²) in [5.41, 5.74) is 4.67. The molecule has 0 aliphatic heterocycles. The van der Waals surface area contributed by atoms with Crippen molar-refractivity contribution in [3.8, 4) is 23.0 Å². The summed E-state index contributed by atoms with van der Waals surface area (Å²) >= 11 is 0. The lowest BCUT2D eigenvalue weighted by Gasteiger charge is -2.17. The standard InChI is InChI=1S/C19H20F2N6O4/c1-19(2,30)10-5-15(21)18(23-8-10)31-12-3-4-13(14(20)7-12)17-24-26-27(25-17)9-11(22)6-16(28)29/h3-5,7-8,11,30H,6,9,22H2,1-2H3,(H,28,29). The first-order valence-corrected chi connectivity index (χ1v) is 9.14. The predicted molar refractivity (Wildman–Crippen MR) is 103 cm³/mol. The Morgan fingerprint density at radius 2 is 2.03 bits per heavy atom. The van der Waals surface area contributed by atoms with Crippen molar-refractivity contribution < 1.29 is 28.5 Å². The summed E-state index contributed by atoms with van der Waals surface area (Å²) < 4.78 is 34.1. The van der Waals surface area contributed by atoms with Crippen LogP contribution in [0.3, 0.4) is 0 Å². The average molecular weight is 434 g/mol. The average Bonchev–Trinajstić information content (AvgIpc) is 3.10. The fourth-order valence-electron chi connectivity index (χ4n) is 2.61. The quantitative estimate of drug-likeness (QED) is 0.482. The lowest BCUT2D eigenvalue weighted by Crippen LogP contribution is -2.30. The van der Waals surface area contributed by atoms with Crippen molar-refractivity contribution in [2.45, 2.75) is 38.5 Å². The van der Waals surface area contributed by atoms with E-state index in [0.717, 1.165) is 16.9 Å². The number of aromatic nitrogens is 5. The van der Waals surface area contributed by atoms with Crippen LogP contribution >= 0.6 is 0 Å². The molecular weight excluding hydrogens is 414 g/mol. The number of carboxylic acids is 1. The van der Waals surface area contributed by atoms with Crippen molar-refractivity contribution in [3.05, 3.63) is 47.7 Å². The molecule has 10 nitrogen and oxygen atoms in total. The third kappa shape index (κ3) is 5.55. The van der Waals surface area contributed by atoms with Gasteiger partial charge in [-0.2, -0.15) is 4.80 Å². The SMILES string of the molecule is CC(C)(O)c1cnc(Oc2ccc(-c3nnn(CC(N)CC(=O)O)n3)c(F)c2)c(F)c1. The van der Waals surface area contributed by atoms with Crippen LogP contribution in [0, 0.1) is 11.6 Å². The summed E-state index contributed by atoms with van der Waals surface area (Å²) in [7, 11) is 0. The summed E-state index contributed by atoms with van der Waals surface area (Å²) in [5, 5.41) is 30.1. The number of nitrogens with two attached hydrogens (primary N) is 1. The van der Waals surface area contributed by atoms with Crippen molar-refractivity contribution in [2.24, 2.45) is 5.73 Å². The Balaban J connectivity index is 1.74. The number of carbonyl (C=O) groups is 1. The fourth-order valence-corrected chi connectivity index (χ4v) is 2.61. The minimum Gasteiger partial charge on any atom is -0.481 e. The van der Waals surface area contributed by atoms with E-state index in [0.29, 0.717) is 0 Å². The van der Waals surface area contributed by atoms with E-state index in [9.17, 15) is 18.7 Å². The number of rotatable bonds is 8. The van der Waals surface area contributed by atoms with Crippen LogP contribution in [0.15, 0.2) is 30.5 Å². The smallest absolute Gasteiger partial charge is 0.304 e. The summed E-state index contributed by atoms with van der Waals surface area (Å²) in [4.78, 5) is 15.6. The number of aliphatic carboxylic acids is 1. The summed E-state index contributed by atoms with van der Waals surface area (Å²) in [6.07, 6.45) is 0.985. The van der Waals surface area contributed by atoms with E-state index in [4.69, 9.17) is 15.6 Å². The zero-order valence-electron chi connectivity index (χ0n) is 16.7. The number of pyridine rings is 1. The molecule has 1 aromatic carbocycles. The van der Waals surface area contributed by atoms with E-state index in [1.807, 2.05) is 0 Å². The molecule has 0 saturated heterocycles. The van der Waals surface area contributed by atoms with Gasteiger partial charge in [-0.05, 0) is 37.3 Å². The number of nitrogens with zero attached hydrogens (tertiary/aromatic N) is 5. The van der Waals surface area contributed by atoms with Crippen LogP contribution in [0.1, 0.15) is 25.8 Å². The molecule has 0 spiro atoms. The van der Waals surface area contributed by atoms with Crippen LogP contribution < -0.4 is 10.5 Å². The second kappa shape index (κ2) is 8.70. The lowest BCUT2D eigenvalue weighted by molar-refractivity contribution is -0.137. The number of tetrazole rings is 1. The Hall–Kier alpha value is -3.51. The van der Waals surface area contributed by atoms with Gasteiger partial charge in [-0.3, -0.25) is 4.79 Å². The fraction of sp³-hybridized carbons (Fsp3) is 0.316. The molecule has 31 heavy (non-hydrogen) atoms. The minimum absolute atomic E-state index is 0.00625. The summed E-state index contributed by atoms with van der Waals surface area (Å²) in [6.45, 7) is 2.97. The van der Waals surface area contributed by atoms with Gasteiger partial charge in [-0.15, -0.1) is 10.2 Å². The molecule has 2 aromatic heterocycles. The van der Waals surface area contributed by atoms with Crippen LogP contribution in [0.5, 0.6) is 11.6 Å². The Kier molecular flexibility index (Phi) is 6.22. The summed E-state index contributed by atoms with van der Waals surface area (Å²) in [6, 6.07) is 4.07. The molecule has 12 heteroatoms. The van der Waals surface area contributed by atoms with Gasteiger partial charge < -0.3 is 20.7 Å². The Morgan fingerprint density at radius 1 is 1.29 bits per heavy atom. The van der Waals surface area contributed by atoms with Crippen LogP contribution in [0.2, 0.25) is 0 Å². The molecule has 0 aliphatic carbocycles. The number of halogens is 2. The Bertz CT molecular complexity index is 1100. The zero-order chi connectivity index (χ0) is 22.8. The van der Waals surface area contributed by atoms with E-state index in [1.54, 1.807) is 0 Å². The highest BCUT2D eigenvalue weighted by molar-refractivity contribution is 5.67. The van der Waals surface area contributed by atoms with Gasteiger partial charge in [0.1, 0.15) is 11.6 Å². The van der Waals surface area contributed by atoms with Gasteiger partial charge in [0, 0.05) is 23.9 Å². The molecule has 0 aliphatic rings. The molecule has 0 amide bonds. The van der Waals surface area contributed by atoms with Gasteiger partial charge in [-0.25, -0.2) is 13.8 Å². The second-order valence-electron chi connectivity index (χ2n) is 7.34. The van der Waals surface area contributed by atoms with Crippen LogP contribution in [0.4, 0.5) is 8.78 Å². The molecule has 3 aromatic rings. The number of benzene rings is 1. The van der Waals surface area contributed by atoms with Crippen molar-refractivity contribution in [1.29, 1.82) is 0 Å². The molecule has 4 N–H and O–H groups in total.